The van der Waals surface area contributed by atoms with Crippen LogP contribution in [-0.4, -0.2) is 65.9 Å². The van der Waals surface area contributed by atoms with E-state index < -0.39 is 30.1 Å². The summed E-state index contributed by atoms with van der Waals surface area (Å²) >= 11 is 0. The molecular formula is C11H20N2O6. The number of rotatable bonds is 7. The summed E-state index contributed by atoms with van der Waals surface area (Å²) in [6.07, 6.45) is -0.876. The first-order chi connectivity index (χ1) is 8.77. The van der Waals surface area contributed by atoms with Crippen LogP contribution in [0, 0.1) is 0 Å². The number of nitrogens with zero attached hydrogens (tertiary/aromatic N) is 1. The molecule has 0 fully saturated rings. The maximum atomic E-state index is 11.6. The average Bonchev–Trinajstić information content (AvgIpc) is 2.32. The van der Waals surface area contributed by atoms with Gasteiger partial charge in [0, 0.05) is 20.0 Å². The van der Waals surface area contributed by atoms with Crippen molar-refractivity contribution in [1.29, 1.82) is 0 Å². The second-order valence-electron chi connectivity index (χ2n) is 4.18. The number of amides is 2. The number of urea groups is 1. The van der Waals surface area contributed by atoms with E-state index in [-0.39, 0.29) is 19.4 Å². The lowest BCUT2D eigenvalue weighted by Gasteiger charge is -2.22. The molecule has 110 valence electrons. The third kappa shape index (κ3) is 7.24. The Balaban J connectivity index is 4.37. The molecule has 0 aliphatic rings. The number of methoxy groups -OCH3 is 1. The first-order valence-electron chi connectivity index (χ1n) is 5.77. The number of aliphatic hydroxyl groups is 1. The lowest BCUT2D eigenvalue weighted by Crippen LogP contribution is -2.48. The Morgan fingerprint density at radius 3 is 2.37 bits per heavy atom. The molecule has 0 bridgehead atoms. The van der Waals surface area contributed by atoms with Gasteiger partial charge in [0.25, 0.3) is 0 Å². The highest BCUT2D eigenvalue weighted by Crippen LogP contribution is 2.01. The van der Waals surface area contributed by atoms with Gasteiger partial charge in [0.1, 0.15) is 6.04 Å². The Morgan fingerprint density at radius 1 is 1.37 bits per heavy atom. The maximum Gasteiger partial charge on any atom is 0.326 e. The van der Waals surface area contributed by atoms with Gasteiger partial charge in [-0.2, -0.15) is 0 Å². The van der Waals surface area contributed by atoms with Crippen LogP contribution >= 0.6 is 0 Å². The van der Waals surface area contributed by atoms with Crippen molar-refractivity contribution in [2.24, 2.45) is 0 Å². The van der Waals surface area contributed by atoms with Crippen molar-refractivity contribution in [3.8, 4) is 0 Å². The number of hydrogen-bond acceptors (Lipinski definition) is 5. The van der Waals surface area contributed by atoms with E-state index in [1.807, 2.05) is 0 Å². The number of nitrogens with one attached hydrogen (secondary N) is 1. The largest absolute Gasteiger partial charge is 0.480 e. The first-order valence-corrected chi connectivity index (χ1v) is 5.77. The van der Waals surface area contributed by atoms with Crippen molar-refractivity contribution in [2.45, 2.75) is 31.9 Å². The van der Waals surface area contributed by atoms with E-state index in [0.717, 1.165) is 0 Å². The van der Waals surface area contributed by atoms with E-state index in [4.69, 9.17) is 10.2 Å². The van der Waals surface area contributed by atoms with Gasteiger partial charge in [-0.3, -0.25) is 4.79 Å². The molecule has 8 nitrogen and oxygen atoms in total. The zero-order valence-corrected chi connectivity index (χ0v) is 11.3. The molecule has 0 saturated carbocycles. The van der Waals surface area contributed by atoms with Crippen molar-refractivity contribution in [3.05, 3.63) is 0 Å². The average molecular weight is 276 g/mol. The summed E-state index contributed by atoms with van der Waals surface area (Å²) < 4.78 is 4.40. The summed E-state index contributed by atoms with van der Waals surface area (Å²) in [6.45, 7) is 1.59. The minimum atomic E-state index is -1.23. The zero-order chi connectivity index (χ0) is 15.0. The van der Waals surface area contributed by atoms with Gasteiger partial charge >= 0.3 is 18.0 Å². The normalized spacial score (nSPS) is 13.3. The molecule has 0 aromatic carbocycles. The summed E-state index contributed by atoms with van der Waals surface area (Å²) in [6, 6.07) is -1.80. The number of likely N-dealkylation sites (N-methyl/N-ethyl adjacent to an activating group) is 1. The summed E-state index contributed by atoms with van der Waals surface area (Å²) in [5, 5.41) is 20.3. The molecule has 1 unspecified atom stereocenters. The molecule has 0 rings (SSSR count). The lowest BCUT2D eigenvalue weighted by atomic mass is 10.1. The van der Waals surface area contributed by atoms with Crippen molar-refractivity contribution in [3.63, 3.8) is 0 Å². The fourth-order valence-corrected chi connectivity index (χ4v) is 1.36. The predicted octanol–water partition coefficient (Wildman–Crippen LogP) is -0.585. The molecule has 0 heterocycles. The smallest absolute Gasteiger partial charge is 0.326 e. The Hall–Kier alpha value is -1.83. The number of aliphatic hydroxyl groups excluding tert-OH is 1. The van der Waals surface area contributed by atoms with Crippen LogP contribution in [0.3, 0.4) is 0 Å². The second kappa shape index (κ2) is 8.30. The number of ether oxygens (including phenoxy) is 1. The molecule has 19 heavy (non-hydrogen) atoms. The number of carbonyl (C=O) groups excluding carboxylic acids is 2. The van der Waals surface area contributed by atoms with Gasteiger partial charge in [0.2, 0.25) is 0 Å². The SMILES string of the molecule is COC(=O)CC[C@@H](NC(=O)N(C)CC(C)O)C(=O)O. The van der Waals surface area contributed by atoms with Crippen molar-refractivity contribution in [2.75, 3.05) is 20.7 Å². The molecule has 0 spiro atoms. The lowest BCUT2D eigenvalue weighted by molar-refractivity contribution is -0.142. The quantitative estimate of drug-likeness (QED) is 0.535. The molecular weight excluding hydrogens is 256 g/mol. The van der Waals surface area contributed by atoms with Crippen molar-refractivity contribution < 1.29 is 29.3 Å². The summed E-state index contributed by atoms with van der Waals surface area (Å²) in [5.41, 5.74) is 0. The molecule has 0 aromatic rings. The van der Waals surface area contributed by atoms with Crippen molar-refractivity contribution >= 4 is 18.0 Å². The van der Waals surface area contributed by atoms with E-state index in [2.05, 4.69) is 10.1 Å². The first kappa shape index (κ1) is 17.2. The van der Waals surface area contributed by atoms with Gasteiger partial charge in [0.15, 0.2) is 0 Å². The Morgan fingerprint density at radius 2 is 1.95 bits per heavy atom. The standard InChI is InChI=1S/C11H20N2O6/c1-7(14)6-13(2)11(18)12-8(10(16)17)4-5-9(15)19-3/h7-8,14H,4-6H2,1-3H3,(H,12,18)(H,16,17)/t7?,8-/m1/s1. The number of carboxylic acids is 1. The third-order valence-electron chi connectivity index (χ3n) is 2.35. The number of carboxylic acid groups (broad SMARTS) is 1. The second-order valence-corrected chi connectivity index (χ2v) is 4.18. The fourth-order valence-electron chi connectivity index (χ4n) is 1.36. The van der Waals surface area contributed by atoms with Crippen LogP contribution in [0.2, 0.25) is 0 Å². The molecule has 2 amide bonds. The van der Waals surface area contributed by atoms with E-state index >= 15 is 0 Å². The molecule has 0 aromatic heterocycles. The van der Waals surface area contributed by atoms with E-state index in [9.17, 15) is 14.4 Å². The van der Waals surface area contributed by atoms with Crippen LogP contribution in [0.1, 0.15) is 19.8 Å². The van der Waals surface area contributed by atoms with Gasteiger partial charge in [-0.25, -0.2) is 9.59 Å². The predicted molar refractivity (Wildman–Crippen MR) is 65.5 cm³/mol. The molecule has 3 N–H and O–H groups in total. The highest BCUT2D eigenvalue weighted by molar-refractivity contribution is 5.83. The number of aliphatic carboxylic acids is 1. The summed E-state index contributed by atoms with van der Waals surface area (Å²) in [7, 11) is 2.63. The Bertz CT molecular complexity index is 331. The fraction of sp³-hybridized carbons (Fsp3) is 0.727. The molecule has 2 atom stereocenters. The highest BCUT2D eigenvalue weighted by Gasteiger charge is 2.23. The molecule has 0 aliphatic carbocycles. The van der Waals surface area contributed by atoms with E-state index in [0.29, 0.717) is 0 Å². The number of carbonyl (C=O) groups is 3. The molecule has 0 radical (unpaired) electrons. The van der Waals surface area contributed by atoms with Crippen molar-refractivity contribution in [1.82, 2.24) is 10.2 Å². The number of hydrogen-bond donors (Lipinski definition) is 3. The minimum Gasteiger partial charge on any atom is -0.480 e. The van der Waals surface area contributed by atoms with Crippen LogP contribution in [0.5, 0.6) is 0 Å². The van der Waals surface area contributed by atoms with Crippen LogP contribution in [-0.2, 0) is 14.3 Å². The topological polar surface area (TPSA) is 116 Å². The Labute approximate surface area is 111 Å². The third-order valence-corrected chi connectivity index (χ3v) is 2.35. The summed E-state index contributed by atoms with van der Waals surface area (Å²) in [5.74, 6) is -1.78. The van der Waals surface area contributed by atoms with E-state index in [1.165, 1.54) is 26.0 Å². The van der Waals surface area contributed by atoms with Gasteiger partial charge < -0.3 is 25.2 Å². The van der Waals surface area contributed by atoms with Gasteiger partial charge in [-0.05, 0) is 13.3 Å². The van der Waals surface area contributed by atoms with Gasteiger partial charge in [0.05, 0.1) is 13.2 Å². The van der Waals surface area contributed by atoms with E-state index in [1.54, 1.807) is 0 Å². The van der Waals surface area contributed by atoms with Crippen LogP contribution in [0.15, 0.2) is 0 Å². The summed E-state index contributed by atoms with van der Waals surface area (Å²) in [4.78, 5) is 34.7. The van der Waals surface area contributed by atoms with Gasteiger partial charge in [-0.1, -0.05) is 0 Å². The minimum absolute atomic E-state index is 0.0593. The van der Waals surface area contributed by atoms with Crippen LogP contribution < -0.4 is 5.32 Å². The zero-order valence-electron chi connectivity index (χ0n) is 11.3. The molecule has 8 heteroatoms. The molecule has 0 saturated heterocycles. The maximum absolute atomic E-state index is 11.6. The molecule has 0 aliphatic heterocycles. The van der Waals surface area contributed by atoms with Crippen LogP contribution in [0.4, 0.5) is 4.79 Å². The monoisotopic (exact) mass is 276 g/mol. The van der Waals surface area contributed by atoms with Gasteiger partial charge in [-0.15, -0.1) is 0 Å². The van der Waals surface area contributed by atoms with Crippen LogP contribution in [0.25, 0.3) is 0 Å². The Kier molecular flexibility index (Phi) is 7.50. The highest BCUT2D eigenvalue weighted by atomic mass is 16.5. The number of esters is 1.